The summed E-state index contributed by atoms with van der Waals surface area (Å²) in [4.78, 5) is 12.2. The highest BCUT2D eigenvalue weighted by Crippen LogP contribution is 2.32. The first-order chi connectivity index (χ1) is 8.72. The van der Waals surface area contributed by atoms with Gasteiger partial charge in [0.1, 0.15) is 0 Å². The average Bonchev–Trinajstić information content (AvgIpc) is 2.86. The van der Waals surface area contributed by atoms with Gasteiger partial charge < -0.3 is 11.1 Å². The van der Waals surface area contributed by atoms with Crippen LogP contribution in [-0.2, 0) is 4.79 Å². The first-order valence-corrected chi connectivity index (χ1v) is 7.70. The lowest BCUT2D eigenvalue weighted by molar-refractivity contribution is -0.126. The van der Waals surface area contributed by atoms with E-state index in [1.54, 1.807) is 0 Å². The lowest BCUT2D eigenvalue weighted by Gasteiger charge is -2.29. The quantitative estimate of drug-likeness (QED) is 0.836. The molecule has 2 fully saturated rings. The number of halogens is 1. The van der Waals surface area contributed by atoms with E-state index < -0.39 is 0 Å². The van der Waals surface area contributed by atoms with E-state index in [2.05, 4.69) is 12.2 Å². The van der Waals surface area contributed by atoms with E-state index in [9.17, 15) is 4.79 Å². The summed E-state index contributed by atoms with van der Waals surface area (Å²) in [7, 11) is 0. The molecule has 2 aliphatic rings. The molecule has 4 heteroatoms. The molecule has 0 heterocycles. The van der Waals surface area contributed by atoms with E-state index in [1.807, 2.05) is 0 Å². The summed E-state index contributed by atoms with van der Waals surface area (Å²) < 4.78 is 0. The largest absolute Gasteiger partial charge is 0.356 e. The van der Waals surface area contributed by atoms with Gasteiger partial charge in [0.25, 0.3) is 0 Å². The second-order valence-electron chi connectivity index (χ2n) is 6.30. The second-order valence-corrected chi connectivity index (χ2v) is 6.30. The zero-order valence-electron chi connectivity index (χ0n) is 12.1. The third-order valence-electron chi connectivity index (χ3n) is 5.13. The summed E-state index contributed by atoms with van der Waals surface area (Å²) in [5.74, 6) is 2.34. The fourth-order valence-electron chi connectivity index (χ4n) is 3.72. The lowest BCUT2D eigenvalue weighted by Crippen LogP contribution is -2.39. The highest BCUT2D eigenvalue weighted by Gasteiger charge is 2.32. The second kappa shape index (κ2) is 8.11. The van der Waals surface area contributed by atoms with E-state index in [1.165, 1.54) is 32.1 Å². The van der Waals surface area contributed by atoms with Crippen LogP contribution >= 0.6 is 12.4 Å². The molecule has 0 spiro atoms. The molecule has 4 atom stereocenters. The van der Waals surface area contributed by atoms with Crippen LogP contribution in [0.4, 0.5) is 0 Å². The number of carbonyl (C=O) groups excluding carboxylic acids is 1. The number of rotatable bonds is 4. The summed E-state index contributed by atoms with van der Waals surface area (Å²) in [5.41, 5.74) is 5.74. The third kappa shape index (κ3) is 4.35. The van der Waals surface area contributed by atoms with Gasteiger partial charge in [-0.3, -0.25) is 4.79 Å². The summed E-state index contributed by atoms with van der Waals surface area (Å²) in [6, 6.07) is 0. The van der Waals surface area contributed by atoms with Crippen LogP contribution in [0.3, 0.4) is 0 Å². The molecule has 2 rings (SSSR count). The van der Waals surface area contributed by atoms with Gasteiger partial charge in [-0.1, -0.05) is 32.6 Å². The van der Waals surface area contributed by atoms with Crippen molar-refractivity contribution in [2.24, 2.45) is 29.4 Å². The van der Waals surface area contributed by atoms with Gasteiger partial charge in [-0.25, -0.2) is 0 Å². The molecule has 0 aromatic rings. The van der Waals surface area contributed by atoms with Gasteiger partial charge in [0.15, 0.2) is 0 Å². The van der Waals surface area contributed by atoms with Crippen molar-refractivity contribution in [2.45, 2.75) is 51.9 Å². The molecule has 0 radical (unpaired) electrons. The Labute approximate surface area is 123 Å². The first-order valence-electron chi connectivity index (χ1n) is 7.70. The molecule has 0 bridgehead atoms. The Kier molecular flexibility index (Phi) is 7.16. The van der Waals surface area contributed by atoms with Crippen LogP contribution in [0, 0.1) is 23.7 Å². The highest BCUT2D eigenvalue weighted by molar-refractivity contribution is 5.85. The third-order valence-corrected chi connectivity index (χ3v) is 5.13. The van der Waals surface area contributed by atoms with E-state index in [0.717, 1.165) is 25.3 Å². The van der Waals surface area contributed by atoms with Crippen molar-refractivity contribution in [3.8, 4) is 0 Å². The Morgan fingerprint density at radius 1 is 1.11 bits per heavy atom. The van der Waals surface area contributed by atoms with Gasteiger partial charge in [-0.15, -0.1) is 12.4 Å². The molecule has 1 amide bonds. The van der Waals surface area contributed by atoms with Gasteiger partial charge >= 0.3 is 0 Å². The fraction of sp³-hybridized carbons (Fsp3) is 0.933. The van der Waals surface area contributed by atoms with Crippen LogP contribution in [-0.4, -0.2) is 19.0 Å². The Balaban J connectivity index is 0.00000180. The molecule has 19 heavy (non-hydrogen) atoms. The number of hydrogen-bond donors (Lipinski definition) is 2. The zero-order chi connectivity index (χ0) is 13.0. The molecular formula is C15H29ClN2O. The van der Waals surface area contributed by atoms with Crippen molar-refractivity contribution in [1.82, 2.24) is 5.32 Å². The molecule has 3 nitrogen and oxygen atoms in total. The molecule has 0 aromatic carbocycles. The maximum atomic E-state index is 12.2. The van der Waals surface area contributed by atoms with Crippen LogP contribution in [0.25, 0.3) is 0 Å². The summed E-state index contributed by atoms with van der Waals surface area (Å²) >= 11 is 0. The monoisotopic (exact) mass is 288 g/mol. The van der Waals surface area contributed by atoms with Crippen LogP contribution in [0.15, 0.2) is 0 Å². The molecule has 0 aromatic heterocycles. The highest BCUT2D eigenvalue weighted by atomic mass is 35.5. The smallest absolute Gasteiger partial charge is 0.223 e. The maximum absolute atomic E-state index is 12.2. The summed E-state index contributed by atoms with van der Waals surface area (Å²) in [6.45, 7) is 3.87. The number of carbonyl (C=O) groups is 1. The number of amides is 1. The average molecular weight is 289 g/mol. The van der Waals surface area contributed by atoms with Crippen LogP contribution in [0.1, 0.15) is 51.9 Å². The van der Waals surface area contributed by atoms with E-state index >= 15 is 0 Å². The molecule has 2 unspecified atom stereocenters. The standard InChI is InChI=1S/C15H28N2O.ClH/c1-11-5-2-3-6-13(11)10-17-15(18)14-8-4-7-12(14)9-16;/h11-14H,2-10,16H2,1H3,(H,17,18);1H/t11?,12-,13?,14-;/m1./s1. The van der Waals surface area contributed by atoms with E-state index in [-0.39, 0.29) is 24.2 Å². The topological polar surface area (TPSA) is 55.1 Å². The number of hydrogen-bond acceptors (Lipinski definition) is 2. The van der Waals surface area contributed by atoms with Gasteiger partial charge in [0.05, 0.1) is 0 Å². The Bertz CT molecular complexity index is 285. The summed E-state index contributed by atoms with van der Waals surface area (Å²) in [5, 5.41) is 3.19. The fourth-order valence-corrected chi connectivity index (χ4v) is 3.72. The Hall–Kier alpha value is -0.280. The van der Waals surface area contributed by atoms with Crippen LogP contribution < -0.4 is 11.1 Å². The van der Waals surface area contributed by atoms with Gasteiger partial charge in [0.2, 0.25) is 5.91 Å². The number of nitrogens with two attached hydrogens (primary N) is 1. The Morgan fingerprint density at radius 2 is 1.79 bits per heavy atom. The molecule has 112 valence electrons. The van der Waals surface area contributed by atoms with Crippen molar-refractivity contribution in [1.29, 1.82) is 0 Å². The molecule has 0 saturated heterocycles. The minimum atomic E-state index is 0. The van der Waals surface area contributed by atoms with E-state index in [0.29, 0.717) is 18.4 Å². The van der Waals surface area contributed by atoms with Crippen LogP contribution in [0.5, 0.6) is 0 Å². The molecule has 3 N–H and O–H groups in total. The van der Waals surface area contributed by atoms with E-state index in [4.69, 9.17) is 5.73 Å². The first kappa shape index (κ1) is 16.8. The van der Waals surface area contributed by atoms with Crippen molar-refractivity contribution in [3.63, 3.8) is 0 Å². The predicted octanol–water partition coefficient (Wildman–Crippen LogP) is 2.73. The van der Waals surface area contributed by atoms with Gasteiger partial charge in [-0.05, 0) is 43.6 Å². The molecule has 0 aliphatic heterocycles. The van der Waals surface area contributed by atoms with Crippen molar-refractivity contribution >= 4 is 18.3 Å². The molecule has 2 saturated carbocycles. The molecular weight excluding hydrogens is 260 g/mol. The van der Waals surface area contributed by atoms with Crippen molar-refractivity contribution in [2.75, 3.05) is 13.1 Å². The maximum Gasteiger partial charge on any atom is 0.223 e. The summed E-state index contributed by atoms with van der Waals surface area (Å²) in [6.07, 6.45) is 8.65. The molecule has 2 aliphatic carbocycles. The van der Waals surface area contributed by atoms with Crippen LogP contribution in [0.2, 0.25) is 0 Å². The minimum absolute atomic E-state index is 0. The zero-order valence-corrected chi connectivity index (χ0v) is 12.9. The SMILES string of the molecule is CC1CCCCC1CNC(=O)[C@@H]1CCC[C@@H]1CN.Cl. The predicted molar refractivity (Wildman–Crippen MR) is 81.3 cm³/mol. The van der Waals surface area contributed by atoms with Gasteiger partial charge in [-0.2, -0.15) is 0 Å². The Morgan fingerprint density at radius 3 is 2.47 bits per heavy atom. The lowest BCUT2D eigenvalue weighted by atomic mass is 9.80. The van der Waals surface area contributed by atoms with Crippen molar-refractivity contribution < 1.29 is 4.79 Å². The normalized spacial score (nSPS) is 34.6. The van der Waals surface area contributed by atoms with Crippen molar-refractivity contribution in [3.05, 3.63) is 0 Å². The van der Waals surface area contributed by atoms with Gasteiger partial charge in [0, 0.05) is 12.5 Å². The minimum Gasteiger partial charge on any atom is -0.356 e. The number of nitrogens with one attached hydrogen (secondary N) is 1.